The van der Waals surface area contributed by atoms with Crippen LogP contribution in [0.1, 0.15) is 16.9 Å². The predicted octanol–water partition coefficient (Wildman–Crippen LogP) is 2.29. The number of hydrogen-bond donors (Lipinski definition) is 1. The molecule has 0 radical (unpaired) electrons. The minimum Gasteiger partial charge on any atom is -0.486 e. The molecule has 0 saturated carbocycles. The second-order valence-corrected chi connectivity index (χ2v) is 7.36. The summed E-state index contributed by atoms with van der Waals surface area (Å²) in [7, 11) is 0. The molecule has 1 aliphatic rings. The van der Waals surface area contributed by atoms with E-state index in [1.165, 1.54) is 0 Å². The Morgan fingerprint density at radius 2 is 1.97 bits per heavy atom. The molecule has 1 aliphatic heterocycles. The van der Waals surface area contributed by atoms with Gasteiger partial charge in [0, 0.05) is 18.5 Å². The molecule has 5 rings (SSSR count). The number of para-hydroxylation sites is 3. The minimum absolute atomic E-state index is 0.198. The largest absolute Gasteiger partial charge is 0.486 e. The van der Waals surface area contributed by atoms with Crippen LogP contribution in [0.3, 0.4) is 0 Å². The quantitative estimate of drug-likeness (QED) is 0.463. The average molecular weight is 418 g/mol. The second-order valence-electron chi connectivity index (χ2n) is 7.36. The number of nitrogens with one attached hydrogen (secondary N) is 1. The van der Waals surface area contributed by atoms with Crippen molar-refractivity contribution in [1.82, 2.24) is 30.1 Å². The third-order valence-electron chi connectivity index (χ3n) is 5.11. The van der Waals surface area contributed by atoms with Gasteiger partial charge in [0.1, 0.15) is 6.61 Å². The molecule has 9 nitrogen and oxygen atoms in total. The van der Waals surface area contributed by atoms with Crippen LogP contribution in [0.4, 0.5) is 0 Å². The third kappa shape index (κ3) is 4.20. The highest BCUT2D eigenvalue weighted by atomic mass is 16.6. The van der Waals surface area contributed by atoms with Crippen molar-refractivity contribution in [3.63, 3.8) is 0 Å². The van der Waals surface area contributed by atoms with E-state index in [2.05, 4.69) is 20.7 Å². The van der Waals surface area contributed by atoms with Crippen molar-refractivity contribution in [1.29, 1.82) is 0 Å². The Morgan fingerprint density at radius 3 is 2.90 bits per heavy atom. The molecule has 1 N–H and O–H groups in total. The van der Waals surface area contributed by atoms with Crippen molar-refractivity contribution in [3.8, 4) is 11.5 Å². The van der Waals surface area contributed by atoms with E-state index in [-0.39, 0.29) is 17.7 Å². The Labute approximate surface area is 178 Å². The summed E-state index contributed by atoms with van der Waals surface area (Å²) < 4.78 is 15.2. The molecule has 1 atom stereocenters. The summed E-state index contributed by atoms with van der Waals surface area (Å²) in [5.74, 6) is 1.20. The van der Waals surface area contributed by atoms with Crippen molar-refractivity contribution < 1.29 is 14.3 Å². The number of hydrogen-bond acceptors (Lipinski definition) is 6. The summed E-state index contributed by atoms with van der Waals surface area (Å²) in [6.45, 7) is 2.11. The zero-order valence-corrected chi connectivity index (χ0v) is 16.8. The monoisotopic (exact) mass is 418 g/mol. The maximum Gasteiger partial charge on any atom is 0.273 e. The number of nitrogens with zero attached hydrogens (tertiary/aromatic N) is 5. The standard InChI is InChI=1S/C22H22N6O3/c29-22(23-10-5-11-28-19-7-2-1-6-16(19)12-24-28)18-14-27(26-25-18)13-17-15-30-20-8-3-4-9-21(20)31-17/h1-4,6-9,12,14,17H,5,10-11,13,15H2,(H,23,29). The normalized spacial score (nSPS) is 15.2. The first-order valence-corrected chi connectivity index (χ1v) is 10.2. The number of aromatic nitrogens is 5. The summed E-state index contributed by atoms with van der Waals surface area (Å²) >= 11 is 0. The molecule has 0 saturated heterocycles. The Hall–Kier alpha value is -3.88. The topological polar surface area (TPSA) is 96.1 Å². The number of benzene rings is 2. The molecule has 1 unspecified atom stereocenters. The Balaban J connectivity index is 1.10. The van der Waals surface area contributed by atoms with E-state index in [0.29, 0.717) is 25.4 Å². The first-order chi connectivity index (χ1) is 15.3. The molecular formula is C22H22N6O3. The number of carbonyl (C=O) groups is 1. The van der Waals surface area contributed by atoms with Crippen LogP contribution in [0.15, 0.2) is 60.9 Å². The van der Waals surface area contributed by atoms with Gasteiger partial charge in [0.25, 0.3) is 5.91 Å². The van der Waals surface area contributed by atoms with Gasteiger partial charge in [0.15, 0.2) is 23.3 Å². The van der Waals surface area contributed by atoms with Crippen molar-refractivity contribution in [3.05, 3.63) is 66.6 Å². The predicted molar refractivity (Wildman–Crippen MR) is 113 cm³/mol. The molecule has 31 heavy (non-hydrogen) atoms. The summed E-state index contributed by atoms with van der Waals surface area (Å²) in [5, 5.41) is 16.4. The second kappa shape index (κ2) is 8.47. The molecular weight excluding hydrogens is 396 g/mol. The average Bonchev–Trinajstić information content (AvgIpc) is 3.44. The van der Waals surface area contributed by atoms with E-state index in [0.717, 1.165) is 29.6 Å². The SMILES string of the molecule is O=C(NCCCn1ncc2ccccc21)c1cn(CC2COc3ccccc3O2)nn1. The number of amides is 1. The fourth-order valence-corrected chi connectivity index (χ4v) is 3.58. The number of fused-ring (bicyclic) bond motifs is 2. The summed E-state index contributed by atoms with van der Waals surface area (Å²) in [4.78, 5) is 12.4. The lowest BCUT2D eigenvalue weighted by Gasteiger charge is -2.26. The van der Waals surface area contributed by atoms with E-state index in [9.17, 15) is 4.79 Å². The van der Waals surface area contributed by atoms with Crippen LogP contribution in [0.5, 0.6) is 11.5 Å². The van der Waals surface area contributed by atoms with Crippen LogP contribution < -0.4 is 14.8 Å². The molecule has 2 aromatic heterocycles. The highest BCUT2D eigenvalue weighted by Crippen LogP contribution is 2.31. The molecule has 2 aromatic carbocycles. The molecule has 0 aliphatic carbocycles. The third-order valence-corrected chi connectivity index (χ3v) is 5.11. The lowest BCUT2D eigenvalue weighted by atomic mass is 10.2. The van der Waals surface area contributed by atoms with Gasteiger partial charge in [-0.25, -0.2) is 4.68 Å². The molecule has 3 heterocycles. The maximum absolute atomic E-state index is 12.4. The van der Waals surface area contributed by atoms with Crippen molar-refractivity contribution >= 4 is 16.8 Å². The van der Waals surface area contributed by atoms with Crippen molar-refractivity contribution in [2.45, 2.75) is 25.6 Å². The van der Waals surface area contributed by atoms with Crippen LogP contribution in [0.2, 0.25) is 0 Å². The summed E-state index contributed by atoms with van der Waals surface area (Å²) in [5.41, 5.74) is 1.37. The molecule has 158 valence electrons. The smallest absolute Gasteiger partial charge is 0.273 e. The minimum atomic E-state index is -0.247. The highest BCUT2D eigenvalue weighted by molar-refractivity contribution is 5.91. The maximum atomic E-state index is 12.4. The van der Waals surface area contributed by atoms with Gasteiger partial charge in [-0.3, -0.25) is 9.48 Å². The molecule has 0 bridgehead atoms. The zero-order chi connectivity index (χ0) is 21.0. The van der Waals surface area contributed by atoms with Gasteiger partial charge in [-0.2, -0.15) is 5.10 Å². The Kier molecular flexibility index (Phi) is 5.22. The fraction of sp³-hybridized carbons (Fsp3) is 0.273. The highest BCUT2D eigenvalue weighted by Gasteiger charge is 2.22. The summed E-state index contributed by atoms with van der Waals surface area (Å²) in [6, 6.07) is 15.6. The van der Waals surface area contributed by atoms with Gasteiger partial charge >= 0.3 is 0 Å². The molecule has 0 fully saturated rings. The number of carbonyl (C=O) groups excluding carboxylic acids is 1. The summed E-state index contributed by atoms with van der Waals surface area (Å²) in [6.07, 6.45) is 4.04. The fourth-order valence-electron chi connectivity index (χ4n) is 3.58. The molecule has 0 spiro atoms. The lowest BCUT2D eigenvalue weighted by molar-refractivity contribution is 0.0754. The van der Waals surface area contributed by atoms with Crippen molar-refractivity contribution in [2.75, 3.05) is 13.2 Å². The van der Waals surface area contributed by atoms with E-state index in [1.807, 2.05) is 59.4 Å². The lowest BCUT2D eigenvalue weighted by Crippen LogP contribution is -2.33. The van der Waals surface area contributed by atoms with Gasteiger partial charge in [-0.15, -0.1) is 5.10 Å². The van der Waals surface area contributed by atoms with E-state index in [1.54, 1.807) is 10.9 Å². The zero-order valence-electron chi connectivity index (χ0n) is 16.8. The van der Waals surface area contributed by atoms with Gasteiger partial charge < -0.3 is 14.8 Å². The van der Waals surface area contributed by atoms with Crippen LogP contribution >= 0.6 is 0 Å². The Bertz CT molecular complexity index is 1200. The molecule has 1 amide bonds. The molecule has 9 heteroatoms. The van der Waals surface area contributed by atoms with Gasteiger partial charge in [0.05, 0.1) is 24.5 Å². The number of aryl methyl sites for hydroxylation is 1. The first kappa shape index (κ1) is 19.1. The number of ether oxygens (including phenoxy) is 2. The van der Waals surface area contributed by atoms with Crippen LogP contribution in [0.25, 0.3) is 10.9 Å². The van der Waals surface area contributed by atoms with Gasteiger partial charge in [-0.05, 0) is 24.6 Å². The van der Waals surface area contributed by atoms with Crippen molar-refractivity contribution in [2.24, 2.45) is 0 Å². The van der Waals surface area contributed by atoms with Gasteiger partial charge in [-0.1, -0.05) is 35.5 Å². The van der Waals surface area contributed by atoms with Crippen LogP contribution in [0, 0.1) is 0 Å². The van der Waals surface area contributed by atoms with Crippen LogP contribution in [-0.2, 0) is 13.1 Å². The van der Waals surface area contributed by atoms with Crippen LogP contribution in [-0.4, -0.2) is 49.9 Å². The van der Waals surface area contributed by atoms with E-state index in [4.69, 9.17) is 9.47 Å². The van der Waals surface area contributed by atoms with E-state index >= 15 is 0 Å². The first-order valence-electron chi connectivity index (χ1n) is 10.2. The van der Waals surface area contributed by atoms with Gasteiger partial charge in [0.2, 0.25) is 0 Å². The Morgan fingerprint density at radius 1 is 1.13 bits per heavy atom. The molecule has 4 aromatic rings. The number of rotatable bonds is 7. The van der Waals surface area contributed by atoms with E-state index < -0.39 is 0 Å².